The van der Waals surface area contributed by atoms with Crippen molar-refractivity contribution in [2.75, 3.05) is 6.61 Å². The van der Waals surface area contributed by atoms with E-state index < -0.39 is 5.97 Å². The Kier molecular flexibility index (Phi) is 4.83. The number of nitrogens with one attached hydrogen (secondary N) is 1. The third-order valence-electron chi connectivity index (χ3n) is 3.18. The maximum Gasteiger partial charge on any atom is 0.371 e. The molecule has 22 heavy (non-hydrogen) atoms. The quantitative estimate of drug-likeness (QED) is 0.854. The van der Waals surface area contributed by atoms with E-state index in [9.17, 15) is 9.59 Å². The van der Waals surface area contributed by atoms with Crippen LogP contribution >= 0.6 is 0 Å². The molecule has 0 saturated carbocycles. The van der Waals surface area contributed by atoms with Crippen LogP contribution in [0.5, 0.6) is 5.75 Å². The molecule has 0 fully saturated rings. The van der Waals surface area contributed by atoms with Gasteiger partial charge in [-0.05, 0) is 49.2 Å². The van der Waals surface area contributed by atoms with Gasteiger partial charge in [0.1, 0.15) is 11.5 Å². The van der Waals surface area contributed by atoms with Crippen molar-refractivity contribution < 1.29 is 23.8 Å². The molecule has 0 spiro atoms. The number of carboxylic acids is 1. The van der Waals surface area contributed by atoms with Crippen LogP contribution in [-0.4, -0.2) is 23.6 Å². The number of carbonyl (C=O) groups excluding carboxylic acids is 1. The van der Waals surface area contributed by atoms with E-state index in [4.69, 9.17) is 14.3 Å². The smallest absolute Gasteiger partial charge is 0.371 e. The molecule has 1 heterocycles. The molecule has 1 amide bonds. The Morgan fingerprint density at radius 1 is 1.18 bits per heavy atom. The fourth-order valence-corrected chi connectivity index (χ4v) is 1.78. The molecule has 0 aliphatic heterocycles. The second kappa shape index (κ2) is 6.80. The van der Waals surface area contributed by atoms with Crippen molar-refractivity contribution in [3.05, 3.63) is 53.0 Å². The van der Waals surface area contributed by atoms with E-state index >= 15 is 0 Å². The summed E-state index contributed by atoms with van der Waals surface area (Å²) in [7, 11) is 0. The number of aromatic carboxylic acids is 1. The molecule has 0 bridgehead atoms. The molecule has 1 aromatic heterocycles. The number of carbonyl (C=O) groups is 2. The number of ether oxygens (including phenoxy) is 1. The SMILES string of the molecule is Cc1ccc(OCC(=O)NCc2ccc(C(=O)O)o2)cc1C. The van der Waals surface area contributed by atoms with Crippen LogP contribution in [0.4, 0.5) is 0 Å². The zero-order valence-corrected chi connectivity index (χ0v) is 12.4. The van der Waals surface area contributed by atoms with Gasteiger partial charge in [-0.15, -0.1) is 0 Å². The first-order valence-electron chi connectivity index (χ1n) is 6.74. The zero-order chi connectivity index (χ0) is 16.1. The van der Waals surface area contributed by atoms with E-state index in [0.717, 1.165) is 11.1 Å². The second-order valence-electron chi connectivity index (χ2n) is 4.88. The van der Waals surface area contributed by atoms with Crippen LogP contribution < -0.4 is 10.1 Å². The van der Waals surface area contributed by atoms with E-state index in [-0.39, 0.29) is 24.8 Å². The van der Waals surface area contributed by atoms with Crippen molar-refractivity contribution in [2.45, 2.75) is 20.4 Å². The number of hydrogen-bond acceptors (Lipinski definition) is 4. The lowest BCUT2D eigenvalue weighted by Gasteiger charge is -2.08. The lowest BCUT2D eigenvalue weighted by Crippen LogP contribution is -2.28. The van der Waals surface area contributed by atoms with E-state index in [1.807, 2.05) is 26.0 Å². The number of carboxylic acid groups (broad SMARTS) is 1. The molecule has 0 aliphatic rings. The van der Waals surface area contributed by atoms with Gasteiger partial charge < -0.3 is 19.6 Å². The van der Waals surface area contributed by atoms with Crippen LogP contribution in [0.25, 0.3) is 0 Å². The minimum Gasteiger partial charge on any atom is -0.484 e. The standard InChI is InChI=1S/C16H17NO5/c1-10-3-4-12(7-11(10)2)21-9-15(18)17-8-13-5-6-14(22-13)16(19)20/h3-7H,8-9H2,1-2H3,(H,17,18)(H,19,20). The van der Waals surface area contributed by atoms with Gasteiger partial charge in [-0.25, -0.2) is 4.79 Å². The molecule has 2 rings (SSSR count). The van der Waals surface area contributed by atoms with Crippen molar-refractivity contribution in [1.82, 2.24) is 5.32 Å². The van der Waals surface area contributed by atoms with Crippen LogP contribution in [0, 0.1) is 13.8 Å². The van der Waals surface area contributed by atoms with Gasteiger partial charge in [-0.2, -0.15) is 0 Å². The average molecular weight is 303 g/mol. The molecular weight excluding hydrogens is 286 g/mol. The lowest BCUT2D eigenvalue weighted by molar-refractivity contribution is -0.123. The summed E-state index contributed by atoms with van der Waals surface area (Å²) in [4.78, 5) is 22.4. The summed E-state index contributed by atoms with van der Waals surface area (Å²) in [5.41, 5.74) is 2.25. The Morgan fingerprint density at radius 2 is 1.95 bits per heavy atom. The third-order valence-corrected chi connectivity index (χ3v) is 3.18. The summed E-state index contributed by atoms with van der Waals surface area (Å²) in [5, 5.41) is 11.3. The summed E-state index contributed by atoms with van der Waals surface area (Å²) in [6.45, 7) is 3.97. The van der Waals surface area contributed by atoms with Gasteiger partial charge in [-0.1, -0.05) is 6.07 Å². The number of amides is 1. The maximum atomic E-state index is 11.7. The van der Waals surface area contributed by atoms with E-state index in [1.54, 1.807) is 6.07 Å². The Morgan fingerprint density at radius 3 is 2.59 bits per heavy atom. The molecule has 0 saturated heterocycles. The highest BCUT2D eigenvalue weighted by atomic mass is 16.5. The van der Waals surface area contributed by atoms with Crippen LogP contribution in [0.2, 0.25) is 0 Å². The van der Waals surface area contributed by atoms with Gasteiger partial charge in [0, 0.05) is 0 Å². The Balaban J connectivity index is 1.80. The summed E-state index contributed by atoms with van der Waals surface area (Å²) >= 11 is 0. The molecule has 6 heteroatoms. The van der Waals surface area contributed by atoms with Crippen molar-refractivity contribution >= 4 is 11.9 Å². The van der Waals surface area contributed by atoms with Crippen LogP contribution in [-0.2, 0) is 11.3 Å². The van der Waals surface area contributed by atoms with E-state index in [1.165, 1.54) is 12.1 Å². The molecule has 0 unspecified atom stereocenters. The van der Waals surface area contributed by atoms with Crippen LogP contribution in [0.1, 0.15) is 27.4 Å². The number of aryl methyl sites for hydroxylation is 2. The third kappa shape index (κ3) is 4.12. The Labute approximate surface area is 127 Å². The highest BCUT2D eigenvalue weighted by Crippen LogP contribution is 2.16. The normalized spacial score (nSPS) is 10.3. The molecule has 116 valence electrons. The molecule has 0 atom stereocenters. The topological polar surface area (TPSA) is 88.8 Å². The number of furan rings is 1. The largest absolute Gasteiger partial charge is 0.484 e. The molecular formula is C16H17NO5. The average Bonchev–Trinajstić information content (AvgIpc) is 2.95. The first-order valence-corrected chi connectivity index (χ1v) is 6.74. The minimum absolute atomic E-state index is 0.113. The Bertz CT molecular complexity index is 690. The fourth-order valence-electron chi connectivity index (χ4n) is 1.78. The molecule has 2 aromatic rings. The molecule has 0 aliphatic carbocycles. The monoisotopic (exact) mass is 303 g/mol. The van der Waals surface area contributed by atoms with Gasteiger partial charge in [0.15, 0.2) is 6.61 Å². The first kappa shape index (κ1) is 15.6. The Hall–Kier alpha value is -2.76. The second-order valence-corrected chi connectivity index (χ2v) is 4.88. The van der Waals surface area contributed by atoms with Crippen molar-refractivity contribution in [3.63, 3.8) is 0 Å². The number of rotatable bonds is 6. The fraction of sp³-hybridized carbons (Fsp3) is 0.250. The highest BCUT2D eigenvalue weighted by molar-refractivity contribution is 5.84. The van der Waals surface area contributed by atoms with Crippen molar-refractivity contribution in [2.24, 2.45) is 0 Å². The predicted molar refractivity (Wildman–Crippen MR) is 78.9 cm³/mol. The van der Waals surface area contributed by atoms with Crippen LogP contribution in [0.3, 0.4) is 0 Å². The highest BCUT2D eigenvalue weighted by Gasteiger charge is 2.10. The van der Waals surface area contributed by atoms with Gasteiger partial charge in [-0.3, -0.25) is 4.79 Å². The molecule has 1 aromatic carbocycles. The molecule has 0 radical (unpaired) electrons. The lowest BCUT2D eigenvalue weighted by atomic mass is 10.1. The van der Waals surface area contributed by atoms with Crippen molar-refractivity contribution in [3.8, 4) is 5.75 Å². The summed E-state index contributed by atoms with van der Waals surface area (Å²) in [6.07, 6.45) is 0. The number of benzene rings is 1. The predicted octanol–water partition coefficient (Wildman–Crippen LogP) is 2.29. The first-order chi connectivity index (χ1) is 10.5. The van der Waals surface area contributed by atoms with Gasteiger partial charge >= 0.3 is 5.97 Å². The van der Waals surface area contributed by atoms with Crippen molar-refractivity contribution in [1.29, 1.82) is 0 Å². The van der Waals surface area contributed by atoms with E-state index in [2.05, 4.69) is 5.32 Å². The van der Waals surface area contributed by atoms with Crippen LogP contribution in [0.15, 0.2) is 34.7 Å². The maximum absolute atomic E-state index is 11.7. The molecule has 2 N–H and O–H groups in total. The summed E-state index contributed by atoms with van der Waals surface area (Å²) in [6, 6.07) is 8.46. The number of hydrogen-bond donors (Lipinski definition) is 2. The van der Waals surface area contributed by atoms with Gasteiger partial charge in [0.05, 0.1) is 6.54 Å². The summed E-state index contributed by atoms with van der Waals surface area (Å²) in [5.74, 6) is -0.612. The van der Waals surface area contributed by atoms with E-state index in [0.29, 0.717) is 11.5 Å². The molecule has 6 nitrogen and oxygen atoms in total. The zero-order valence-electron chi connectivity index (χ0n) is 12.4. The van der Waals surface area contributed by atoms with Gasteiger partial charge in [0.2, 0.25) is 5.76 Å². The summed E-state index contributed by atoms with van der Waals surface area (Å²) < 4.78 is 10.4. The van der Waals surface area contributed by atoms with Gasteiger partial charge in [0.25, 0.3) is 5.91 Å². The minimum atomic E-state index is -1.14.